The second kappa shape index (κ2) is 4.92. The van der Waals surface area contributed by atoms with Crippen molar-refractivity contribution in [3.05, 3.63) is 41.5 Å². The predicted octanol–water partition coefficient (Wildman–Crippen LogP) is 3.49. The zero-order valence-corrected chi connectivity index (χ0v) is 12.8. The van der Waals surface area contributed by atoms with Crippen LogP contribution in [0.2, 0.25) is 0 Å². The molecule has 1 aromatic rings. The first-order chi connectivity index (χ1) is 9.56. The minimum absolute atomic E-state index is 0.212. The maximum Gasteiger partial charge on any atom is 0.115 e. The van der Waals surface area contributed by atoms with Crippen LogP contribution in [0.4, 0.5) is 0 Å². The minimum Gasteiger partial charge on any atom is -0.508 e. The Bertz CT molecular complexity index is 536. The van der Waals surface area contributed by atoms with Crippen molar-refractivity contribution in [2.24, 2.45) is 5.92 Å². The number of piperidine rings is 1. The standard InChI is InChI=1S/C18H25NO/c1-4-5-9-19-10-8-18(3)13(2)17(19)11-14-6-7-15(20)12-16(14)18/h4-7,12-13,17,20H,8-11H2,1-3H3/t13?,17?,18-/m1/s1. The van der Waals surface area contributed by atoms with E-state index >= 15 is 0 Å². The van der Waals surface area contributed by atoms with Gasteiger partial charge >= 0.3 is 0 Å². The van der Waals surface area contributed by atoms with E-state index in [1.807, 2.05) is 12.1 Å². The Labute approximate surface area is 122 Å². The number of phenolic OH excluding ortho intramolecular Hbond substituents is 1. The van der Waals surface area contributed by atoms with E-state index in [0.29, 0.717) is 17.7 Å². The van der Waals surface area contributed by atoms with Gasteiger partial charge in [0.15, 0.2) is 0 Å². The van der Waals surface area contributed by atoms with E-state index in [0.717, 1.165) is 19.5 Å². The molecule has 1 saturated heterocycles. The van der Waals surface area contributed by atoms with E-state index in [1.54, 1.807) is 0 Å². The number of phenols is 1. The first kappa shape index (κ1) is 13.7. The first-order valence-corrected chi connectivity index (χ1v) is 7.74. The Balaban J connectivity index is 1.99. The van der Waals surface area contributed by atoms with Crippen LogP contribution < -0.4 is 0 Å². The van der Waals surface area contributed by atoms with Gasteiger partial charge in [-0.15, -0.1) is 0 Å². The molecule has 1 N–H and O–H groups in total. The molecule has 0 aromatic heterocycles. The highest BCUT2D eigenvalue weighted by Crippen LogP contribution is 2.49. The highest BCUT2D eigenvalue weighted by atomic mass is 16.3. The van der Waals surface area contributed by atoms with Gasteiger partial charge in [-0.05, 0) is 60.9 Å². The van der Waals surface area contributed by atoms with Crippen molar-refractivity contribution in [1.82, 2.24) is 4.90 Å². The lowest BCUT2D eigenvalue weighted by atomic mass is 9.59. The maximum atomic E-state index is 9.83. The summed E-state index contributed by atoms with van der Waals surface area (Å²) in [6.45, 7) is 9.09. The highest BCUT2D eigenvalue weighted by Gasteiger charge is 2.48. The number of hydrogen-bond donors (Lipinski definition) is 1. The van der Waals surface area contributed by atoms with Crippen molar-refractivity contribution >= 4 is 0 Å². The van der Waals surface area contributed by atoms with Crippen molar-refractivity contribution in [1.29, 1.82) is 0 Å². The molecule has 0 saturated carbocycles. The third-order valence-corrected chi connectivity index (χ3v) is 5.68. The van der Waals surface area contributed by atoms with Crippen molar-refractivity contribution in [2.45, 2.75) is 45.1 Å². The Morgan fingerprint density at radius 2 is 2.25 bits per heavy atom. The fourth-order valence-electron chi connectivity index (χ4n) is 4.16. The van der Waals surface area contributed by atoms with Gasteiger partial charge in [0.1, 0.15) is 5.75 Å². The number of allylic oxidation sites excluding steroid dienone is 1. The van der Waals surface area contributed by atoms with Crippen molar-refractivity contribution < 1.29 is 5.11 Å². The van der Waals surface area contributed by atoms with Gasteiger partial charge in [0.05, 0.1) is 0 Å². The highest BCUT2D eigenvalue weighted by molar-refractivity contribution is 5.44. The molecule has 3 rings (SSSR count). The lowest BCUT2D eigenvalue weighted by Gasteiger charge is -2.54. The number of hydrogen-bond acceptors (Lipinski definition) is 2. The molecule has 0 radical (unpaired) electrons. The van der Waals surface area contributed by atoms with Crippen molar-refractivity contribution in [3.63, 3.8) is 0 Å². The quantitative estimate of drug-likeness (QED) is 0.832. The van der Waals surface area contributed by atoms with E-state index in [4.69, 9.17) is 0 Å². The van der Waals surface area contributed by atoms with E-state index in [1.165, 1.54) is 17.5 Å². The lowest BCUT2D eigenvalue weighted by Crippen LogP contribution is -2.57. The molecule has 1 aromatic carbocycles. The van der Waals surface area contributed by atoms with E-state index < -0.39 is 0 Å². The number of aromatic hydroxyl groups is 1. The molecule has 0 amide bonds. The smallest absolute Gasteiger partial charge is 0.115 e. The first-order valence-electron chi connectivity index (χ1n) is 7.74. The van der Waals surface area contributed by atoms with Crippen molar-refractivity contribution in [2.75, 3.05) is 13.1 Å². The number of benzene rings is 1. The summed E-state index contributed by atoms with van der Waals surface area (Å²) in [6.07, 6.45) is 6.71. The summed E-state index contributed by atoms with van der Waals surface area (Å²) < 4.78 is 0. The summed E-state index contributed by atoms with van der Waals surface area (Å²) in [5, 5.41) is 9.83. The van der Waals surface area contributed by atoms with Gasteiger partial charge in [-0.1, -0.05) is 32.1 Å². The van der Waals surface area contributed by atoms with Crippen LogP contribution in [0.15, 0.2) is 30.4 Å². The molecule has 2 heteroatoms. The largest absolute Gasteiger partial charge is 0.508 e. The molecule has 0 spiro atoms. The van der Waals surface area contributed by atoms with Crippen LogP contribution in [0.3, 0.4) is 0 Å². The number of likely N-dealkylation sites (tertiary alicyclic amines) is 1. The van der Waals surface area contributed by atoms with E-state index in [-0.39, 0.29) is 5.41 Å². The second-order valence-electron chi connectivity index (χ2n) is 6.63. The molecule has 2 aliphatic rings. The van der Waals surface area contributed by atoms with Gasteiger partial charge in [-0.25, -0.2) is 0 Å². The van der Waals surface area contributed by atoms with E-state index in [9.17, 15) is 5.11 Å². The molecular formula is C18H25NO. The molecule has 2 nitrogen and oxygen atoms in total. The minimum atomic E-state index is 0.212. The van der Waals surface area contributed by atoms with Gasteiger partial charge in [0.2, 0.25) is 0 Å². The Kier molecular flexibility index (Phi) is 3.37. The Hall–Kier alpha value is -1.28. The van der Waals surface area contributed by atoms with E-state index in [2.05, 4.69) is 43.9 Å². The summed E-state index contributed by atoms with van der Waals surface area (Å²) in [4.78, 5) is 2.63. The fourth-order valence-corrected chi connectivity index (χ4v) is 4.16. The van der Waals surface area contributed by atoms with Crippen LogP contribution in [0, 0.1) is 5.92 Å². The topological polar surface area (TPSA) is 23.5 Å². The number of nitrogens with zero attached hydrogens (tertiary/aromatic N) is 1. The molecule has 1 fully saturated rings. The second-order valence-corrected chi connectivity index (χ2v) is 6.63. The molecule has 2 unspecified atom stereocenters. The SMILES string of the molecule is CC=CCN1CC[C@@]2(C)c3cc(O)ccc3CC1C2C. The van der Waals surface area contributed by atoms with Gasteiger partial charge in [0, 0.05) is 12.6 Å². The molecule has 3 atom stereocenters. The zero-order chi connectivity index (χ0) is 14.3. The average Bonchev–Trinajstić information content (AvgIpc) is 2.43. The van der Waals surface area contributed by atoms with Crippen LogP contribution in [0.5, 0.6) is 5.75 Å². The molecular weight excluding hydrogens is 246 g/mol. The lowest BCUT2D eigenvalue weighted by molar-refractivity contribution is 0.0397. The number of rotatable bonds is 2. The molecule has 108 valence electrons. The summed E-state index contributed by atoms with van der Waals surface area (Å²) in [6, 6.07) is 6.59. The molecule has 1 aliphatic heterocycles. The van der Waals surface area contributed by atoms with Gasteiger partial charge < -0.3 is 5.11 Å². The van der Waals surface area contributed by atoms with Gasteiger partial charge in [-0.3, -0.25) is 4.90 Å². The van der Waals surface area contributed by atoms with Crippen LogP contribution in [-0.4, -0.2) is 29.1 Å². The fraction of sp³-hybridized carbons (Fsp3) is 0.556. The molecule has 1 aliphatic carbocycles. The summed E-state index contributed by atoms with van der Waals surface area (Å²) in [7, 11) is 0. The third kappa shape index (κ3) is 1.98. The maximum absolute atomic E-state index is 9.83. The summed E-state index contributed by atoms with van der Waals surface area (Å²) in [5.41, 5.74) is 3.02. The average molecular weight is 271 g/mol. The normalized spacial score (nSPS) is 33.4. The van der Waals surface area contributed by atoms with Crippen LogP contribution >= 0.6 is 0 Å². The molecule has 20 heavy (non-hydrogen) atoms. The third-order valence-electron chi connectivity index (χ3n) is 5.68. The van der Waals surface area contributed by atoms with Gasteiger partial charge in [0.25, 0.3) is 0 Å². The Morgan fingerprint density at radius 1 is 1.45 bits per heavy atom. The van der Waals surface area contributed by atoms with Crippen LogP contribution in [0.1, 0.15) is 38.3 Å². The summed E-state index contributed by atoms with van der Waals surface area (Å²) in [5.74, 6) is 1.04. The van der Waals surface area contributed by atoms with Crippen LogP contribution in [-0.2, 0) is 11.8 Å². The predicted molar refractivity (Wildman–Crippen MR) is 83.1 cm³/mol. The van der Waals surface area contributed by atoms with Crippen molar-refractivity contribution in [3.8, 4) is 5.75 Å². The number of fused-ring (bicyclic) bond motifs is 4. The Morgan fingerprint density at radius 3 is 3.00 bits per heavy atom. The van der Waals surface area contributed by atoms with Gasteiger partial charge in [-0.2, -0.15) is 0 Å². The van der Waals surface area contributed by atoms with Crippen LogP contribution in [0.25, 0.3) is 0 Å². The molecule has 2 bridgehead atoms. The molecule has 1 heterocycles. The monoisotopic (exact) mass is 271 g/mol. The zero-order valence-electron chi connectivity index (χ0n) is 12.8. The summed E-state index contributed by atoms with van der Waals surface area (Å²) >= 11 is 0.